The van der Waals surface area contributed by atoms with Gasteiger partial charge in [0.25, 0.3) is 0 Å². The highest BCUT2D eigenvalue weighted by atomic mass is 31.1. The van der Waals surface area contributed by atoms with Gasteiger partial charge < -0.3 is 9.47 Å². The van der Waals surface area contributed by atoms with Crippen molar-refractivity contribution >= 4 is 16.1 Å². The molecule has 2 aliphatic heterocycles. The molecular weight excluding hydrogens is 374 g/mol. The Labute approximate surface area is 174 Å². The molecule has 0 aliphatic carbocycles. The maximum absolute atomic E-state index is 12.4. The smallest absolute Gasteiger partial charge is 0.381 e. The van der Waals surface area contributed by atoms with Crippen LogP contribution in [0.4, 0.5) is 0 Å². The van der Waals surface area contributed by atoms with Gasteiger partial charge in [-0.2, -0.15) is 0 Å². The molecule has 0 aromatic heterocycles. The minimum Gasteiger partial charge on any atom is -0.381 e. The maximum Gasteiger partial charge on any atom is 0.697 e. The Morgan fingerprint density at radius 1 is 1.11 bits per heavy atom. The first-order valence-electron chi connectivity index (χ1n) is 10.7. The number of hydrogen-bond acceptors (Lipinski definition) is 5. The summed E-state index contributed by atoms with van der Waals surface area (Å²) in [6.07, 6.45) is 1.74. The lowest BCUT2D eigenvalue weighted by molar-refractivity contribution is 0.00484. The lowest BCUT2D eigenvalue weighted by atomic mass is 9.76. The van der Waals surface area contributed by atoms with Gasteiger partial charge in [0.05, 0.1) is 18.3 Å². The fourth-order valence-corrected chi connectivity index (χ4v) is 5.25. The van der Waals surface area contributed by atoms with Crippen molar-refractivity contribution in [3.05, 3.63) is 0 Å². The number of rotatable bonds is 8. The van der Waals surface area contributed by atoms with Gasteiger partial charge in [-0.1, -0.05) is 48.5 Å². The number of hydrogen-bond donors (Lipinski definition) is 0. The predicted octanol–water partition coefficient (Wildman–Crippen LogP) is 5.10. The van der Waals surface area contributed by atoms with Crippen LogP contribution in [0.2, 0.25) is 0 Å². The standard InChI is InChI=1S/C21H39BO5P/c1-12(2)18-19(14(4)20(22)26-18)27-28(23)24-10-9-17-16(11-21(6,7)8)13(3)15(5)25-17/h12-20H,9-11H2,1-8H3/q+1/t13?,14?,15-,16+,17+,18+,19+,20+/m0/s1. The average Bonchev–Trinajstić information content (AvgIpc) is 2.99. The molecular formula is C21H39BO5P+. The SMILES string of the molecule is [B][C@@H]1O[C@H](C(C)C)[C@H](O[P+](=O)OCC[C@H]2O[C@@H](C)C(C)[C@H]2CC(C)(C)C)C1C. The second-order valence-corrected chi connectivity index (χ2v) is 11.2. The molecule has 0 aromatic carbocycles. The van der Waals surface area contributed by atoms with E-state index in [1.54, 1.807) is 0 Å². The highest BCUT2D eigenvalue weighted by Gasteiger charge is 2.47. The maximum atomic E-state index is 12.4. The van der Waals surface area contributed by atoms with Crippen molar-refractivity contribution in [2.75, 3.05) is 6.61 Å². The summed E-state index contributed by atoms with van der Waals surface area (Å²) in [4.78, 5) is 0. The Kier molecular flexibility index (Phi) is 8.56. The van der Waals surface area contributed by atoms with Crippen LogP contribution < -0.4 is 0 Å². The van der Waals surface area contributed by atoms with E-state index >= 15 is 0 Å². The van der Waals surface area contributed by atoms with E-state index < -0.39 is 14.3 Å². The van der Waals surface area contributed by atoms with Crippen molar-refractivity contribution in [1.29, 1.82) is 0 Å². The van der Waals surface area contributed by atoms with Crippen LogP contribution in [-0.2, 0) is 23.1 Å². The lowest BCUT2D eigenvalue weighted by Gasteiger charge is -2.28. The van der Waals surface area contributed by atoms with E-state index in [-0.39, 0.29) is 41.7 Å². The third-order valence-corrected chi connectivity index (χ3v) is 7.08. The van der Waals surface area contributed by atoms with Crippen molar-refractivity contribution in [1.82, 2.24) is 0 Å². The van der Waals surface area contributed by atoms with Gasteiger partial charge in [0, 0.05) is 22.9 Å². The van der Waals surface area contributed by atoms with Crippen LogP contribution in [-0.4, -0.2) is 44.9 Å². The zero-order valence-electron chi connectivity index (χ0n) is 18.9. The van der Waals surface area contributed by atoms with Crippen molar-refractivity contribution in [3.8, 4) is 0 Å². The Morgan fingerprint density at radius 2 is 1.75 bits per heavy atom. The van der Waals surface area contributed by atoms with Gasteiger partial charge in [-0.15, -0.1) is 9.05 Å². The van der Waals surface area contributed by atoms with E-state index in [1.165, 1.54) is 0 Å². The first kappa shape index (κ1) is 24.3. The van der Waals surface area contributed by atoms with Crippen molar-refractivity contribution in [2.45, 2.75) is 98.7 Å². The van der Waals surface area contributed by atoms with Gasteiger partial charge >= 0.3 is 8.25 Å². The molecule has 0 amide bonds. The predicted molar refractivity (Wildman–Crippen MR) is 113 cm³/mol. The highest BCUT2D eigenvalue weighted by molar-refractivity contribution is 7.33. The Morgan fingerprint density at radius 3 is 2.32 bits per heavy atom. The molecule has 3 unspecified atom stereocenters. The zero-order chi connectivity index (χ0) is 21.2. The molecule has 2 radical (unpaired) electrons. The van der Waals surface area contributed by atoms with Gasteiger partial charge in [-0.05, 0) is 36.5 Å². The van der Waals surface area contributed by atoms with Crippen LogP contribution in [0.25, 0.3) is 0 Å². The molecule has 5 nitrogen and oxygen atoms in total. The molecule has 2 aliphatic rings. The van der Waals surface area contributed by atoms with E-state index in [4.69, 9.17) is 26.4 Å². The number of ether oxygens (including phenoxy) is 2. The first-order chi connectivity index (χ1) is 12.9. The normalized spacial score (nSPS) is 39.7. The summed E-state index contributed by atoms with van der Waals surface area (Å²) in [6.45, 7) is 17.6. The summed E-state index contributed by atoms with van der Waals surface area (Å²) in [6, 6.07) is -0.395. The molecule has 160 valence electrons. The molecule has 2 rings (SSSR count). The highest BCUT2D eigenvalue weighted by Crippen LogP contribution is 2.42. The summed E-state index contributed by atoms with van der Waals surface area (Å²) >= 11 is 0. The molecule has 2 fully saturated rings. The minimum atomic E-state index is -2.21. The second kappa shape index (κ2) is 9.87. The Balaban J connectivity index is 1.84. The molecule has 7 heteroatoms. The molecule has 0 N–H and O–H groups in total. The van der Waals surface area contributed by atoms with Crippen LogP contribution in [0.15, 0.2) is 0 Å². The third kappa shape index (κ3) is 6.25. The van der Waals surface area contributed by atoms with Crippen LogP contribution in [0.3, 0.4) is 0 Å². The van der Waals surface area contributed by atoms with E-state index in [0.29, 0.717) is 18.4 Å². The van der Waals surface area contributed by atoms with Crippen LogP contribution >= 0.6 is 8.25 Å². The quantitative estimate of drug-likeness (QED) is 0.410. The lowest BCUT2D eigenvalue weighted by Crippen LogP contribution is -2.31. The molecule has 28 heavy (non-hydrogen) atoms. The molecule has 2 heterocycles. The van der Waals surface area contributed by atoms with E-state index in [0.717, 1.165) is 12.8 Å². The second-order valence-electron chi connectivity index (χ2n) is 10.3. The van der Waals surface area contributed by atoms with E-state index in [9.17, 15) is 4.57 Å². The Hall–Kier alpha value is 0.00494. The van der Waals surface area contributed by atoms with Gasteiger partial charge in [-0.25, -0.2) is 0 Å². The van der Waals surface area contributed by atoms with Crippen LogP contribution in [0.5, 0.6) is 0 Å². The van der Waals surface area contributed by atoms with Crippen molar-refractivity contribution < 1.29 is 23.1 Å². The Bertz CT molecular complexity index is 523. The fourth-order valence-electron chi connectivity index (χ4n) is 4.43. The molecule has 9 atom stereocenters. The van der Waals surface area contributed by atoms with Gasteiger partial charge in [-0.3, -0.25) is 0 Å². The van der Waals surface area contributed by atoms with Gasteiger partial charge in [0.1, 0.15) is 20.6 Å². The third-order valence-electron chi connectivity index (χ3n) is 6.27. The summed E-state index contributed by atoms with van der Waals surface area (Å²) in [5.41, 5.74) is 0.253. The molecule has 0 saturated carbocycles. The zero-order valence-corrected chi connectivity index (χ0v) is 19.8. The summed E-state index contributed by atoms with van der Waals surface area (Å²) in [7, 11) is 3.78. The largest absolute Gasteiger partial charge is 0.697 e. The van der Waals surface area contributed by atoms with E-state index in [1.807, 2.05) is 6.92 Å². The van der Waals surface area contributed by atoms with Crippen molar-refractivity contribution in [2.24, 2.45) is 29.1 Å². The summed E-state index contributed by atoms with van der Waals surface area (Å²) < 4.78 is 35.6. The van der Waals surface area contributed by atoms with Gasteiger partial charge in [0.2, 0.25) is 0 Å². The van der Waals surface area contributed by atoms with Crippen LogP contribution in [0, 0.1) is 29.1 Å². The summed E-state index contributed by atoms with van der Waals surface area (Å²) in [5.74, 6) is 1.21. The molecule has 0 aromatic rings. The minimum absolute atomic E-state index is 0.0222. The fraction of sp³-hybridized carbons (Fsp3) is 1.00. The van der Waals surface area contributed by atoms with Crippen LogP contribution in [0.1, 0.15) is 68.2 Å². The molecule has 0 bridgehead atoms. The molecule has 0 spiro atoms. The van der Waals surface area contributed by atoms with Crippen molar-refractivity contribution in [3.63, 3.8) is 0 Å². The molecule has 2 saturated heterocycles. The monoisotopic (exact) mass is 413 g/mol. The first-order valence-corrected chi connectivity index (χ1v) is 11.8. The van der Waals surface area contributed by atoms with Gasteiger partial charge in [0.15, 0.2) is 0 Å². The topological polar surface area (TPSA) is 54.0 Å². The average molecular weight is 413 g/mol. The van der Waals surface area contributed by atoms with E-state index in [2.05, 4.69) is 48.5 Å². The summed E-state index contributed by atoms with van der Waals surface area (Å²) in [5, 5.41) is 0.